The fourth-order valence-corrected chi connectivity index (χ4v) is 5.00. The van der Waals surface area contributed by atoms with E-state index < -0.39 is 11.9 Å². The SMILES string of the molecule is CCN(CC)c1ccc([C@@H]2C(C(=O)OCCOC)=C(C)N=C3CC(C)(C)CC(=O)C32)cc1. The van der Waals surface area contributed by atoms with Gasteiger partial charge in [0.1, 0.15) is 12.4 Å². The Kier molecular flexibility index (Phi) is 7.55. The molecule has 32 heavy (non-hydrogen) atoms. The van der Waals surface area contributed by atoms with Gasteiger partial charge in [0.25, 0.3) is 0 Å². The first-order valence-corrected chi connectivity index (χ1v) is 11.5. The number of fused-ring (bicyclic) bond motifs is 1. The fraction of sp³-hybridized carbons (Fsp3) is 0.577. The zero-order valence-corrected chi connectivity index (χ0v) is 20.2. The van der Waals surface area contributed by atoms with E-state index in [1.165, 1.54) is 0 Å². The summed E-state index contributed by atoms with van der Waals surface area (Å²) in [6.45, 7) is 12.6. The van der Waals surface area contributed by atoms with Crippen molar-refractivity contribution in [2.75, 3.05) is 38.3 Å². The lowest BCUT2D eigenvalue weighted by molar-refractivity contribution is -0.140. The molecule has 1 aromatic carbocycles. The van der Waals surface area contributed by atoms with Crippen LogP contribution < -0.4 is 4.90 Å². The van der Waals surface area contributed by atoms with Crippen LogP contribution in [0.15, 0.2) is 40.5 Å². The minimum atomic E-state index is -0.420. The monoisotopic (exact) mass is 440 g/mol. The normalized spacial score (nSPS) is 22.3. The summed E-state index contributed by atoms with van der Waals surface area (Å²) in [4.78, 5) is 33.5. The van der Waals surface area contributed by atoms with Crippen molar-refractivity contribution < 1.29 is 19.1 Å². The number of aliphatic imine (C=N–C) groups is 1. The molecule has 1 heterocycles. The number of nitrogens with zero attached hydrogens (tertiary/aromatic N) is 2. The van der Waals surface area contributed by atoms with Gasteiger partial charge in [-0.15, -0.1) is 0 Å². The highest BCUT2D eigenvalue weighted by Crippen LogP contribution is 2.47. The van der Waals surface area contributed by atoms with E-state index >= 15 is 0 Å². The Labute approximate surface area is 191 Å². The maximum absolute atomic E-state index is 13.3. The number of hydrogen-bond donors (Lipinski definition) is 0. The lowest BCUT2D eigenvalue weighted by Crippen LogP contribution is -2.44. The van der Waals surface area contributed by atoms with Gasteiger partial charge in [0, 0.05) is 49.6 Å². The number of Topliss-reactive ketones (excluding diaryl/α,β-unsaturated/α-hetero) is 1. The molecule has 0 saturated heterocycles. The number of allylic oxidation sites excluding steroid dienone is 1. The summed E-state index contributed by atoms with van der Waals surface area (Å²) in [5, 5.41) is 0. The van der Waals surface area contributed by atoms with Crippen LogP contribution in [0.5, 0.6) is 0 Å². The van der Waals surface area contributed by atoms with E-state index in [1.807, 2.05) is 19.1 Å². The molecule has 6 heteroatoms. The summed E-state index contributed by atoms with van der Waals surface area (Å²) < 4.78 is 10.5. The van der Waals surface area contributed by atoms with Crippen molar-refractivity contribution in [1.29, 1.82) is 0 Å². The van der Waals surface area contributed by atoms with Crippen LogP contribution in [0.2, 0.25) is 0 Å². The Balaban J connectivity index is 2.05. The van der Waals surface area contributed by atoms with Crippen molar-refractivity contribution in [1.82, 2.24) is 0 Å². The first-order valence-electron chi connectivity index (χ1n) is 11.5. The van der Waals surface area contributed by atoms with Crippen molar-refractivity contribution in [3.8, 4) is 0 Å². The summed E-state index contributed by atoms with van der Waals surface area (Å²) in [6, 6.07) is 8.25. The van der Waals surface area contributed by atoms with E-state index in [9.17, 15) is 9.59 Å². The summed E-state index contributed by atoms with van der Waals surface area (Å²) in [5.41, 5.74) is 3.96. The van der Waals surface area contributed by atoms with Crippen molar-refractivity contribution >= 4 is 23.2 Å². The van der Waals surface area contributed by atoms with Crippen LogP contribution >= 0.6 is 0 Å². The average Bonchev–Trinajstić information content (AvgIpc) is 2.73. The van der Waals surface area contributed by atoms with Crippen molar-refractivity contribution in [2.24, 2.45) is 16.3 Å². The predicted octanol–water partition coefficient (Wildman–Crippen LogP) is 4.54. The fourth-order valence-electron chi connectivity index (χ4n) is 5.00. The topological polar surface area (TPSA) is 68.2 Å². The van der Waals surface area contributed by atoms with Gasteiger partial charge >= 0.3 is 5.97 Å². The van der Waals surface area contributed by atoms with Crippen molar-refractivity contribution in [3.05, 3.63) is 41.1 Å². The molecule has 1 unspecified atom stereocenters. The molecule has 6 nitrogen and oxygen atoms in total. The maximum atomic E-state index is 13.3. The molecule has 174 valence electrons. The van der Waals surface area contributed by atoms with Crippen LogP contribution in [0.4, 0.5) is 5.69 Å². The third-order valence-corrected chi connectivity index (χ3v) is 6.49. The van der Waals surface area contributed by atoms with E-state index in [0.717, 1.165) is 36.5 Å². The maximum Gasteiger partial charge on any atom is 0.336 e. The van der Waals surface area contributed by atoms with Crippen molar-refractivity contribution in [3.63, 3.8) is 0 Å². The van der Waals surface area contributed by atoms with Crippen LogP contribution in [-0.2, 0) is 19.1 Å². The molecule has 1 fully saturated rings. The van der Waals surface area contributed by atoms with Gasteiger partial charge in [-0.05, 0) is 50.3 Å². The summed E-state index contributed by atoms with van der Waals surface area (Å²) >= 11 is 0. The Bertz CT molecular complexity index is 910. The zero-order chi connectivity index (χ0) is 23.5. The van der Waals surface area contributed by atoms with Crippen LogP contribution in [-0.4, -0.2) is 50.9 Å². The highest BCUT2D eigenvalue weighted by Gasteiger charge is 2.47. The van der Waals surface area contributed by atoms with E-state index in [1.54, 1.807) is 7.11 Å². The molecule has 0 aromatic heterocycles. The van der Waals surface area contributed by atoms with Crippen LogP contribution in [0.25, 0.3) is 0 Å². The Morgan fingerprint density at radius 2 is 1.75 bits per heavy atom. The van der Waals surface area contributed by atoms with Gasteiger partial charge in [-0.1, -0.05) is 26.0 Å². The summed E-state index contributed by atoms with van der Waals surface area (Å²) in [5.74, 6) is -1.08. The number of ether oxygens (including phenoxy) is 2. The third kappa shape index (κ3) is 4.96. The highest BCUT2D eigenvalue weighted by molar-refractivity contribution is 6.12. The van der Waals surface area contributed by atoms with Gasteiger partial charge in [0.05, 0.1) is 18.1 Å². The standard InChI is InChI=1S/C26H36N2O4/c1-7-28(8-2)19-11-9-18(10-12-19)23-22(25(30)32-14-13-31-6)17(3)27-20-15-26(4,5)16-21(29)24(20)23/h9-12,23-24H,7-8,13-16H2,1-6H3/t23-,24?/m1/s1. The Morgan fingerprint density at radius 1 is 1.09 bits per heavy atom. The third-order valence-electron chi connectivity index (χ3n) is 6.49. The molecule has 1 aromatic rings. The molecular formula is C26H36N2O4. The van der Waals surface area contributed by atoms with Gasteiger partial charge in [-0.2, -0.15) is 0 Å². The summed E-state index contributed by atoms with van der Waals surface area (Å²) in [7, 11) is 1.57. The molecule has 1 saturated carbocycles. The molecular weight excluding hydrogens is 404 g/mol. The van der Waals surface area contributed by atoms with Gasteiger partial charge < -0.3 is 14.4 Å². The minimum absolute atomic E-state index is 0.125. The highest BCUT2D eigenvalue weighted by atomic mass is 16.6. The number of methoxy groups -OCH3 is 1. The van der Waals surface area contributed by atoms with E-state index in [4.69, 9.17) is 14.5 Å². The van der Waals surface area contributed by atoms with E-state index in [0.29, 0.717) is 24.3 Å². The second-order valence-electron chi connectivity index (χ2n) is 9.43. The Morgan fingerprint density at radius 3 is 2.34 bits per heavy atom. The molecule has 3 rings (SSSR count). The number of esters is 1. The number of carbonyl (C=O) groups excluding carboxylic acids is 2. The predicted molar refractivity (Wildman–Crippen MR) is 127 cm³/mol. The lowest BCUT2D eigenvalue weighted by atomic mass is 9.63. The minimum Gasteiger partial charge on any atom is -0.460 e. The lowest BCUT2D eigenvalue weighted by Gasteiger charge is -2.41. The zero-order valence-electron chi connectivity index (χ0n) is 20.2. The van der Waals surface area contributed by atoms with Gasteiger partial charge in [0.2, 0.25) is 0 Å². The van der Waals surface area contributed by atoms with Crippen LogP contribution in [0.3, 0.4) is 0 Å². The molecule has 0 amide bonds. The Hall–Kier alpha value is -2.47. The number of rotatable bonds is 8. The molecule has 1 aliphatic heterocycles. The van der Waals surface area contributed by atoms with Gasteiger partial charge in [-0.3, -0.25) is 9.79 Å². The quantitative estimate of drug-likeness (QED) is 0.438. The number of carbonyl (C=O) groups is 2. The molecule has 2 atom stereocenters. The van der Waals surface area contributed by atoms with Gasteiger partial charge in [-0.25, -0.2) is 4.79 Å². The molecule has 0 N–H and O–H groups in total. The largest absolute Gasteiger partial charge is 0.460 e. The smallest absolute Gasteiger partial charge is 0.336 e. The van der Waals surface area contributed by atoms with E-state index in [-0.39, 0.29) is 23.7 Å². The second kappa shape index (κ2) is 9.99. The molecule has 0 spiro atoms. The first-order chi connectivity index (χ1) is 15.2. The average molecular weight is 441 g/mol. The number of ketones is 1. The molecule has 1 aliphatic carbocycles. The molecule has 0 bridgehead atoms. The van der Waals surface area contributed by atoms with Crippen LogP contribution in [0.1, 0.15) is 58.9 Å². The first kappa shape index (κ1) is 24.2. The number of benzene rings is 1. The number of hydrogen-bond acceptors (Lipinski definition) is 6. The molecule has 2 aliphatic rings. The van der Waals surface area contributed by atoms with Crippen LogP contribution in [0, 0.1) is 11.3 Å². The second-order valence-corrected chi connectivity index (χ2v) is 9.43. The van der Waals surface area contributed by atoms with Crippen molar-refractivity contribution in [2.45, 2.75) is 53.4 Å². The summed E-state index contributed by atoms with van der Waals surface area (Å²) in [6.07, 6.45) is 1.23. The molecule has 0 radical (unpaired) electrons. The van der Waals surface area contributed by atoms with E-state index in [2.05, 4.69) is 44.7 Å². The number of anilines is 1. The van der Waals surface area contributed by atoms with Gasteiger partial charge in [0.15, 0.2) is 0 Å².